The van der Waals surface area contributed by atoms with Gasteiger partial charge < -0.3 is 10.1 Å². The maximum absolute atomic E-state index is 13.1. The summed E-state index contributed by atoms with van der Waals surface area (Å²) in [5, 5.41) is 2.94. The van der Waals surface area contributed by atoms with Crippen molar-refractivity contribution in [1.82, 2.24) is 0 Å². The molecule has 28 heavy (non-hydrogen) atoms. The molecule has 4 nitrogen and oxygen atoms in total. The Kier molecular flexibility index (Phi) is 6.22. The number of rotatable bonds is 6. The van der Waals surface area contributed by atoms with Gasteiger partial charge in [0.25, 0.3) is 0 Å². The topological polar surface area (TPSA) is 55.4 Å². The maximum Gasteiger partial charge on any atom is 0.338 e. The van der Waals surface area contributed by atoms with Gasteiger partial charge in [0.15, 0.2) is 0 Å². The summed E-state index contributed by atoms with van der Waals surface area (Å²) in [7, 11) is 0. The van der Waals surface area contributed by atoms with Crippen LogP contribution in [0.2, 0.25) is 0 Å². The average Bonchev–Trinajstić information content (AvgIpc) is 2.69. The molecular formula is C24H23NO3. The van der Waals surface area contributed by atoms with E-state index >= 15 is 0 Å². The molecule has 0 spiro atoms. The molecule has 3 rings (SSSR count). The molecule has 0 fully saturated rings. The van der Waals surface area contributed by atoms with Crippen LogP contribution in [0.25, 0.3) is 0 Å². The Labute approximate surface area is 165 Å². The highest BCUT2D eigenvalue weighted by Crippen LogP contribution is 2.26. The van der Waals surface area contributed by atoms with Crippen molar-refractivity contribution in [2.45, 2.75) is 25.9 Å². The number of carbonyl (C=O) groups is 2. The number of hydrogen-bond acceptors (Lipinski definition) is 3. The molecule has 0 aliphatic carbocycles. The SMILES string of the molecule is CC(C)OC(=O)c1cccc(NC(=O)C(c2ccccc2)c2ccccc2)c1. The third kappa shape index (κ3) is 4.86. The minimum atomic E-state index is -0.450. The highest BCUT2D eigenvalue weighted by molar-refractivity contribution is 5.99. The van der Waals surface area contributed by atoms with Crippen molar-refractivity contribution in [2.24, 2.45) is 0 Å². The van der Waals surface area contributed by atoms with Crippen LogP contribution < -0.4 is 5.32 Å². The van der Waals surface area contributed by atoms with Crippen LogP contribution in [0.5, 0.6) is 0 Å². The molecule has 0 atom stereocenters. The van der Waals surface area contributed by atoms with Gasteiger partial charge in [0.2, 0.25) is 5.91 Å². The fraction of sp³-hybridized carbons (Fsp3) is 0.167. The number of benzene rings is 3. The highest BCUT2D eigenvalue weighted by atomic mass is 16.5. The average molecular weight is 373 g/mol. The predicted octanol–water partition coefficient (Wildman–Crippen LogP) is 5.02. The van der Waals surface area contributed by atoms with E-state index in [0.717, 1.165) is 11.1 Å². The van der Waals surface area contributed by atoms with E-state index in [2.05, 4.69) is 5.32 Å². The first-order chi connectivity index (χ1) is 13.5. The van der Waals surface area contributed by atoms with E-state index in [1.807, 2.05) is 60.7 Å². The molecule has 0 bridgehead atoms. The van der Waals surface area contributed by atoms with Crippen LogP contribution in [-0.4, -0.2) is 18.0 Å². The molecule has 0 aliphatic rings. The first kappa shape index (κ1) is 19.4. The molecule has 0 heterocycles. The lowest BCUT2D eigenvalue weighted by molar-refractivity contribution is -0.116. The molecule has 0 aliphatic heterocycles. The van der Waals surface area contributed by atoms with Crippen molar-refractivity contribution >= 4 is 17.6 Å². The summed E-state index contributed by atoms with van der Waals surface area (Å²) in [6, 6.07) is 26.1. The summed E-state index contributed by atoms with van der Waals surface area (Å²) in [5.74, 6) is -1.02. The smallest absolute Gasteiger partial charge is 0.338 e. The van der Waals surface area contributed by atoms with Gasteiger partial charge in [0.1, 0.15) is 0 Å². The van der Waals surface area contributed by atoms with Gasteiger partial charge in [-0.15, -0.1) is 0 Å². The van der Waals surface area contributed by atoms with E-state index in [1.165, 1.54) is 0 Å². The van der Waals surface area contributed by atoms with Gasteiger partial charge in [-0.1, -0.05) is 66.7 Å². The summed E-state index contributed by atoms with van der Waals surface area (Å²) < 4.78 is 5.23. The molecule has 142 valence electrons. The number of esters is 1. The van der Waals surface area contributed by atoms with Gasteiger partial charge in [-0.25, -0.2) is 4.79 Å². The van der Waals surface area contributed by atoms with E-state index in [1.54, 1.807) is 38.1 Å². The van der Waals surface area contributed by atoms with Crippen molar-refractivity contribution in [3.63, 3.8) is 0 Å². The minimum absolute atomic E-state index is 0.160. The number of hydrogen-bond donors (Lipinski definition) is 1. The molecular weight excluding hydrogens is 350 g/mol. The quantitative estimate of drug-likeness (QED) is 0.617. The van der Waals surface area contributed by atoms with E-state index in [9.17, 15) is 9.59 Å². The van der Waals surface area contributed by atoms with Crippen LogP contribution in [0.15, 0.2) is 84.9 Å². The summed E-state index contributed by atoms with van der Waals surface area (Å²) in [5.41, 5.74) is 2.77. The maximum atomic E-state index is 13.1. The lowest BCUT2D eigenvalue weighted by Crippen LogP contribution is -2.22. The lowest BCUT2D eigenvalue weighted by Gasteiger charge is -2.18. The zero-order valence-electron chi connectivity index (χ0n) is 16.0. The zero-order valence-corrected chi connectivity index (χ0v) is 16.0. The molecule has 0 saturated carbocycles. The van der Waals surface area contributed by atoms with Crippen molar-refractivity contribution in [3.05, 3.63) is 102 Å². The Morgan fingerprint density at radius 2 is 1.36 bits per heavy atom. The number of nitrogens with one attached hydrogen (secondary N) is 1. The second-order valence-electron chi connectivity index (χ2n) is 6.78. The Bertz CT molecular complexity index is 897. The molecule has 0 saturated heterocycles. The molecule has 0 radical (unpaired) electrons. The Morgan fingerprint density at radius 1 is 0.786 bits per heavy atom. The second-order valence-corrected chi connectivity index (χ2v) is 6.78. The van der Waals surface area contributed by atoms with E-state index in [0.29, 0.717) is 11.3 Å². The number of anilines is 1. The van der Waals surface area contributed by atoms with Crippen molar-refractivity contribution in [3.8, 4) is 0 Å². The summed E-state index contributed by atoms with van der Waals surface area (Å²) in [6.07, 6.45) is -0.203. The standard InChI is InChI=1S/C24H23NO3/c1-17(2)28-24(27)20-14-9-15-21(16-20)25-23(26)22(18-10-5-3-6-11-18)19-12-7-4-8-13-19/h3-17,22H,1-2H3,(H,25,26). The van der Waals surface area contributed by atoms with Crippen molar-refractivity contribution in [2.75, 3.05) is 5.32 Å². The van der Waals surface area contributed by atoms with Gasteiger partial charge in [-0.3, -0.25) is 4.79 Å². The van der Waals surface area contributed by atoms with E-state index in [4.69, 9.17) is 4.74 Å². The third-order valence-electron chi connectivity index (χ3n) is 4.24. The molecule has 1 N–H and O–H groups in total. The summed E-state index contributed by atoms with van der Waals surface area (Å²) in [6.45, 7) is 3.60. The Hall–Kier alpha value is -3.40. The van der Waals surface area contributed by atoms with Crippen molar-refractivity contribution in [1.29, 1.82) is 0 Å². The van der Waals surface area contributed by atoms with Gasteiger partial charge in [0, 0.05) is 5.69 Å². The van der Waals surface area contributed by atoms with Gasteiger partial charge in [0.05, 0.1) is 17.6 Å². The van der Waals surface area contributed by atoms with Crippen LogP contribution in [0, 0.1) is 0 Å². The lowest BCUT2D eigenvalue weighted by atomic mass is 9.90. The van der Waals surface area contributed by atoms with Crippen LogP contribution in [0.4, 0.5) is 5.69 Å². The molecule has 1 amide bonds. The number of carbonyl (C=O) groups excluding carboxylic acids is 2. The molecule has 0 unspecified atom stereocenters. The largest absolute Gasteiger partial charge is 0.459 e. The zero-order chi connectivity index (χ0) is 19.9. The molecule has 3 aromatic rings. The monoisotopic (exact) mass is 373 g/mol. The summed E-state index contributed by atoms with van der Waals surface area (Å²) >= 11 is 0. The summed E-state index contributed by atoms with van der Waals surface area (Å²) in [4.78, 5) is 25.3. The molecule has 3 aromatic carbocycles. The normalized spacial score (nSPS) is 10.7. The molecule has 0 aromatic heterocycles. The van der Waals surface area contributed by atoms with Crippen LogP contribution in [0.3, 0.4) is 0 Å². The van der Waals surface area contributed by atoms with Gasteiger partial charge >= 0.3 is 5.97 Å². The predicted molar refractivity (Wildman–Crippen MR) is 110 cm³/mol. The number of amides is 1. The first-order valence-electron chi connectivity index (χ1n) is 9.26. The van der Waals surface area contributed by atoms with E-state index in [-0.39, 0.29) is 12.0 Å². The third-order valence-corrected chi connectivity index (χ3v) is 4.24. The van der Waals surface area contributed by atoms with E-state index < -0.39 is 11.9 Å². The van der Waals surface area contributed by atoms with Crippen molar-refractivity contribution < 1.29 is 14.3 Å². The Balaban J connectivity index is 1.86. The fourth-order valence-electron chi connectivity index (χ4n) is 3.01. The van der Waals surface area contributed by atoms with Gasteiger partial charge in [-0.2, -0.15) is 0 Å². The second kappa shape index (κ2) is 9.00. The van der Waals surface area contributed by atoms with Crippen LogP contribution >= 0.6 is 0 Å². The fourth-order valence-corrected chi connectivity index (χ4v) is 3.01. The van der Waals surface area contributed by atoms with Gasteiger partial charge in [-0.05, 0) is 43.2 Å². The van der Waals surface area contributed by atoms with Crippen LogP contribution in [0.1, 0.15) is 41.3 Å². The van der Waals surface area contributed by atoms with Crippen LogP contribution in [-0.2, 0) is 9.53 Å². The minimum Gasteiger partial charge on any atom is -0.459 e. The highest BCUT2D eigenvalue weighted by Gasteiger charge is 2.23. The molecule has 4 heteroatoms. The Morgan fingerprint density at radius 3 is 1.89 bits per heavy atom. The first-order valence-corrected chi connectivity index (χ1v) is 9.26. The number of ether oxygens (including phenoxy) is 1.